The number of ether oxygens (including phenoxy) is 2. The Balaban J connectivity index is 0.00000162. The second-order valence-corrected chi connectivity index (χ2v) is 4.88. The van der Waals surface area contributed by atoms with Crippen LogP contribution in [0.1, 0.15) is 19.8 Å². The van der Waals surface area contributed by atoms with Gasteiger partial charge in [-0.3, -0.25) is 4.79 Å². The first kappa shape index (κ1) is 15.7. The number of hydrogen-bond acceptors (Lipinski definition) is 4. The molecule has 0 aromatic carbocycles. The highest BCUT2D eigenvalue weighted by Gasteiger charge is 2.21. The van der Waals surface area contributed by atoms with Crippen LogP contribution in [0.2, 0.25) is 0 Å². The van der Waals surface area contributed by atoms with Crippen molar-refractivity contribution in [3.05, 3.63) is 0 Å². The van der Waals surface area contributed by atoms with Crippen molar-refractivity contribution >= 4 is 18.3 Å². The SMILES string of the molecule is CC(OCC1CCCO1)C(=O)NCC1CNC1.Cl. The summed E-state index contributed by atoms with van der Waals surface area (Å²) in [6, 6.07) is 0. The topological polar surface area (TPSA) is 59.6 Å². The minimum Gasteiger partial charge on any atom is -0.376 e. The minimum atomic E-state index is -0.382. The molecule has 2 saturated heterocycles. The first-order valence-electron chi connectivity index (χ1n) is 6.47. The average molecular weight is 279 g/mol. The fourth-order valence-electron chi connectivity index (χ4n) is 1.98. The maximum Gasteiger partial charge on any atom is 0.248 e. The van der Waals surface area contributed by atoms with E-state index in [1.54, 1.807) is 6.92 Å². The van der Waals surface area contributed by atoms with Crippen LogP contribution in [-0.4, -0.2) is 51.0 Å². The molecule has 18 heavy (non-hydrogen) atoms. The maximum atomic E-state index is 11.7. The second-order valence-electron chi connectivity index (χ2n) is 4.88. The minimum absolute atomic E-state index is 0. The van der Waals surface area contributed by atoms with Crippen LogP contribution in [-0.2, 0) is 14.3 Å². The van der Waals surface area contributed by atoms with Crippen LogP contribution in [0.3, 0.4) is 0 Å². The summed E-state index contributed by atoms with van der Waals surface area (Å²) >= 11 is 0. The van der Waals surface area contributed by atoms with Gasteiger partial charge in [-0.2, -0.15) is 0 Å². The predicted octanol–water partition coefficient (Wildman–Crippen LogP) is 0.328. The van der Waals surface area contributed by atoms with Crippen molar-refractivity contribution in [2.45, 2.75) is 32.0 Å². The van der Waals surface area contributed by atoms with Crippen LogP contribution in [0.15, 0.2) is 0 Å². The van der Waals surface area contributed by atoms with Gasteiger partial charge in [-0.15, -0.1) is 12.4 Å². The van der Waals surface area contributed by atoms with Crippen LogP contribution in [0.5, 0.6) is 0 Å². The average Bonchev–Trinajstić information content (AvgIpc) is 2.76. The lowest BCUT2D eigenvalue weighted by Gasteiger charge is -2.27. The van der Waals surface area contributed by atoms with E-state index in [9.17, 15) is 4.79 Å². The first-order chi connectivity index (χ1) is 8.25. The van der Waals surface area contributed by atoms with Crippen molar-refractivity contribution in [1.29, 1.82) is 0 Å². The largest absolute Gasteiger partial charge is 0.376 e. The van der Waals surface area contributed by atoms with E-state index in [-0.39, 0.29) is 30.5 Å². The number of carbonyl (C=O) groups excluding carboxylic acids is 1. The van der Waals surface area contributed by atoms with Crippen LogP contribution < -0.4 is 10.6 Å². The number of halogens is 1. The lowest BCUT2D eigenvalue weighted by molar-refractivity contribution is -0.134. The molecule has 2 aliphatic heterocycles. The van der Waals surface area contributed by atoms with E-state index in [1.807, 2.05) is 0 Å². The van der Waals surface area contributed by atoms with E-state index in [0.717, 1.165) is 39.1 Å². The van der Waals surface area contributed by atoms with Crippen LogP contribution >= 0.6 is 12.4 Å². The molecular weight excluding hydrogens is 256 g/mol. The smallest absolute Gasteiger partial charge is 0.248 e. The monoisotopic (exact) mass is 278 g/mol. The molecule has 1 amide bonds. The van der Waals surface area contributed by atoms with Crippen LogP contribution in [0.4, 0.5) is 0 Å². The zero-order valence-electron chi connectivity index (χ0n) is 10.8. The number of nitrogens with one attached hydrogen (secondary N) is 2. The Kier molecular flexibility index (Phi) is 6.92. The molecule has 0 bridgehead atoms. The fraction of sp³-hybridized carbons (Fsp3) is 0.917. The first-order valence-corrected chi connectivity index (χ1v) is 6.47. The Hall–Kier alpha value is -0.360. The normalized spacial score (nSPS) is 25.1. The highest BCUT2D eigenvalue weighted by molar-refractivity contribution is 5.85. The number of rotatable bonds is 6. The van der Waals surface area contributed by atoms with E-state index in [4.69, 9.17) is 9.47 Å². The highest BCUT2D eigenvalue weighted by atomic mass is 35.5. The Bertz CT molecular complexity index is 256. The summed E-state index contributed by atoms with van der Waals surface area (Å²) in [4.78, 5) is 11.7. The van der Waals surface area contributed by atoms with Crippen molar-refractivity contribution in [2.24, 2.45) is 5.92 Å². The molecule has 0 aromatic heterocycles. The molecule has 6 heteroatoms. The summed E-state index contributed by atoms with van der Waals surface area (Å²) in [7, 11) is 0. The van der Waals surface area contributed by atoms with Crippen molar-refractivity contribution in [2.75, 3.05) is 32.8 Å². The zero-order chi connectivity index (χ0) is 12.1. The van der Waals surface area contributed by atoms with Crippen molar-refractivity contribution < 1.29 is 14.3 Å². The molecule has 0 spiro atoms. The summed E-state index contributed by atoms with van der Waals surface area (Å²) < 4.78 is 11.0. The van der Waals surface area contributed by atoms with Gasteiger partial charge in [0.1, 0.15) is 6.10 Å². The Morgan fingerprint density at radius 2 is 2.33 bits per heavy atom. The molecule has 0 radical (unpaired) electrons. The molecule has 5 nitrogen and oxygen atoms in total. The lowest BCUT2D eigenvalue weighted by Crippen LogP contribution is -2.49. The molecule has 2 aliphatic rings. The quantitative estimate of drug-likeness (QED) is 0.735. The third-order valence-corrected chi connectivity index (χ3v) is 3.36. The Morgan fingerprint density at radius 3 is 2.89 bits per heavy atom. The van der Waals surface area contributed by atoms with Gasteiger partial charge in [-0.25, -0.2) is 0 Å². The summed E-state index contributed by atoms with van der Waals surface area (Å²) in [6.07, 6.45) is 1.94. The van der Waals surface area contributed by atoms with Gasteiger partial charge in [0.2, 0.25) is 5.91 Å². The van der Waals surface area contributed by atoms with Crippen LogP contribution in [0.25, 0.3) is 0 Å². The molecule has 2 unspecified atom stereocenters. The van der Waals surface area contributed by atoms with Crippen molar-refractivity contribution in [1.82, 2.24) is 10.6 Å². The molecule has 0 aliphatic carbocycles. The molecular formula is C12H23ClN2O3. The molecule has 2 rings (SSSR count). The van der Waals surface area contributed by atoms with E-state index in [2.05, 4.69) is 10.6 Å². The van der Waals surface area contributed by atoms with Gasteiger partial charge in [0.05, 0.1) is 12.7 Å². The third-order valence-electron chi connectivity index (χ3n) is 3.36. The van der Waals surface area contributed by atoms with E-state index >= 15 is 0 Å². The van der Waals surface area contributed by atoms with E-state index < -0.39 is 0 Å². The highest BCUT2D eigenvalue weighted by Crippen LogP contribution is 2.12. The molecule has 0 aromatic rings. The van der Waals surface area contributed by atoms with Gasteiger partial charge in [-0.1, -0.05) is 0 Å². The molecule has 2 N–H and O–H groups in total. The summed E-state index contributed by atoms with van der Waals surface area (Å²) in [5.74, 6) is 0.569. The lowest BCUT2D eigenvalue weighted by atomic mass is 10.0. The zero-order valence-corrected chi connectivity index (χ0v) is 11.6. The third kappa shape index (κ3) is 4.72. The van der Waals surface area contributed by atoms with Gasteiger partial charge in [0.15, 0.2) is 0 Å². The fourth-order valence-corrected chi connectivity index (χ4v) is 1.98. The number of amides is 1. The molecule has 106 valence electrons. The van der Waals surface area contributed by atoms with Crippen molar-refractivity contribution in [3.8, 4) is 0 Å². The standard InChI is InChI=1S/C12H22N2O3.ClH/c1-9(17-8-11-3-2-4-16-11)12(15)14-7-10-5-13-6-10;/h9-11,13H,2-8H2,1H3,(H,14,15);1H. The van der Waals surface area contributed by atoms with Gasteiger partial charge >= 0.3 is 0 Å². The van der Waals surface area contributed by atoms with Gasteiger partial charge in [0, 0.05) is 32.2 Å². The Labute approximate surface area is 114 Å². The van der Waals surface area contributed by atoms with E-state index in [0.29, 0.717) is 12.5 Å². The maximum absolute atomic E-state index is 11.7. The summed E-state index contributed by atoms with van der Waals surface area (Å²) in [6.45, 7) is 5.91. The van der Waals surface area contributed by atoms with Crippen molar-refractivity contribution in [3.63, 3.8) is 0 Å². The van der Waals surface area contributed by atoms with Gasteiger partial charge < -0.3 is 20.1 Å². The summed E-state index contributed by atoms with van der Waals surface area (Å²) in [5, 5.41) is 6.09. The number of hydrogen-bond donors (Lipinski definition) is 2. The summed E-state index contributed by atoms with van der Waals surface area (Å²) in [5.41, 5.74) is 0. The van der Waals surface area contributed by atoms with Gasteiger partial charge in [0.25, 0.3) is 0 Å². The molecule has 0 saturated carbocycles. The number of carbonyl (C=O) groups is 1. The Morgan fingerprint density at radius 1 is 1.56 bits per heavy atom. The predicted molar refractivity (Wildman–Crippen MR) is 71.0 cm³/mol. The van der Waals surface area contributed by atoms with E-state index in [1.165, 1.54) is 0 Å². The molecule has 2 fully saturated rings. The van der Waals surface area contributed by atoms with Crippen LogP contribution in [0, 0.1) is 5.92 Å². The molecule has 2 heterocycles. The van der Waals surface area contributed by atoms with Gasteiger partial charge in [-0.05, 0) is 19.8 Å². The second kappa shape index (κ2) is 7.94. The molecule has 2 atom stereocenters.